The van der Waals surface area contributed by atoms with E-state index in [-0.39, 0.29) is 31.1 Å². The van der Waals surface area contributed by atoms with Gasteiger partial charge in [-0.25, -0.2) is 0 Å². The highest BCUT2D eigenvalue weighted by atomic mass is 16.6. The average Bonchev–Trinajstić information content (AvgIpc) is 3.49. The van der Waals surface area contributed by atoms with Crippen molar-refractivity contribution in [2.45, 2.75) is 348 Å². The van der Waals surface area contributed by atoms with Gasteiger partial charge in [0.25, 0.3) is 0 Å². The third kappa shape index (κ3) is 68.7. The van der Waals surface area contributed by atoms with Gasteiger partial charge in [-0.3, -0.25) is 14.4 Å². The molecule has 0 saturated carbocycles. The van der Waals surface area contributed by atoms with Crippen molar-refractivity contribution in [2.24, 2.45) is 0 Å². The SMILES string of the molecule is CC/C=C\C/C=C\C/C=C\C/C=C\CCCCCCCCCCC(=O)OC(COC(=O)CCCC/C=C\C/C=C\C/C=C\C/C=C\CC)COC(=O)CCCCCCCCCCCCCCCCCCC/C=C\CCCCCCCCCC. The van der Waals surface area contributed by atoms with E-state index in [1.54, 1.807) is 0 Å². The minimum Gasteiger partial charge on any atom is -0.462 e. The normalized spacial score (nSPS) is 12.8. The third-order valence-electron chi connectivity index (χ3n) is 15.2. The maximum Gasteiger partial charge on any atom is 0.306 e. The molecule has 0 aliphatic rings. The number of hydrogen-bond acceptors (Lipinski definition) is 6. The van der Waals surface area contributed by atoms with Gasteiger partial charge in [-0.15, -0.1) is 0 Å². The molecular weight excluding hydrogens is 1020 g/mol. The monoisotopic (exact) mass is 1150 g/mol. The van der Waals surface area contributed by atoms with Crippen LogP contribution in [0.4, 0.5) is 0 Å². The van der Waals surface area contributed by atoms with Crippen LogP contribution in [-0.2, 0) is 28.6 Å². The van der Waals surface area contributed by atoms with Crippen molar-refractivity contribution in [3.63, 3.8) is 0 Å². The maximum atomic E-state index is 12.9. The molecule has 0 rings (SSSR count). The minimum absolute atomic E-state index is 0.0935. The number of carbonyl (C=O) groups excluding carboxylic acids is 3. The molecule has 0 amide bonds. The number of allylic oxidation sites excluding steroid dienone is 18. The van der Waals surface area contributed by atoms with Crippen LogP contribution in [0.2, 0.25) is 0 Å². The summed E-state index contributed by atoms with van der Waals surface area (Å²) in [5, 5.41) is 0. The van der Waals surface area contributed by atoms with Crippen molar-refractivity contribution in [3.8, 4) is 0 Å². The Hall–Kier alpha value is -3.93. The van der Waals surface area contributed by atoms with E-state index in [4.69, 9.17) is 14.2 Å². The molecule has 0 fully saturated rings. The van der Waals surface area contributed by atoms with Crippen LogP contribution in [-0.4, -0.2) is 37.2 Å². The van der Waals surface area contributed by atoms with Gasteiger partial charge in [0.15, 0.2) is 6.10 Å². The lowest BCUT2D eigenvalue weighted by atomic mass is 10.0. The fourth-order valence-corrected chi connectivity index (χ4v) is 10.0. The number of esters is 3. The first kappa shape index (κ1) is 79.1. The summed E-state index contributed by atoms with van der Waals surface area (Å²) >= 11 is 0. The molecule has 0 aromatic rings. The first-order valence-corrected chi connectivity index (χ1v) is 35.4. The Kier molecular flexibility index (Phi) is 67.2. The molecule has 0 bridgehead atoms. The smallest absolute Gasteiger partial charge is 0.306 e. The van der Waals surface area contributed by atoms with Crippen molar-refractivity contribution < 1.29 is 28.6 Å². The number of rotatable bonds is 64. The second-order valence-electron chi connectivity index (χ2n) is 23.4. The van der Waals surface area contributed by atoms with Gasteiger partial charge in [0.05, 0.1) is 0 Å². The quantitative estimate of drug-likeness (QED) is 0.0261. The molecule has 0 radical (unpaired) electrons. The van der Waals surface area contributed by atoms with Gasteiger partial charge in [-0.2, -0.15) is 0 Å². The largest absolute Gasteiger partial charge is 0.462 e. The van der Waals surface area contributed by atoms with Crippen LogP contribution in [0.15, 0.2) is 109 Å². The highest BCUT2D eigenvalue weighted by Gasteiger charge is 2.19. The first-order chi connectivity index (χ1) is 41.0. The molecule has 6 heteroatoms. The fraction of sp³-hybridized carbons (Fsp3) is 0.727. The molecule has 0 aliphatic heterocycles. The zero-order valence-corrected chi connectivity index (χ0v) is 54.7. The molecule has 0 aromatic heterocycles. The summed E-state index contributed by atoms with van der Waals surface area (Å²) in [7, 11) is 0. The van der Waals surface area contributed by atoms with E-state index >= 15 is 0 Å². The van der Waals surface area contributed by atoms with Gasteiger partial charge in [0, 0.05) is 19.3 Å². The predicted molar refractivity (Wildman–Crippen MR) is 362 cm³/mol. The van der Waals surface area contributed by atoms with Crippen LogP contribution < -0.4 is 0 Å². The maximum absolute atomic E-state index is 12.9. The van der Waals surface area contributed by atoms with E-state index in [0.29, 0.717) is 19.3 Å². The van der Waals surface area contributed by atoms with Crippen LogP contribution in [0.3, 0.4) is 0 Å². The fourth-order valence-electron chi connectivity index (χ4n) is 10.0. The standard InChI is InChI=1S/C77H132O6/c1-4-7-10-13-16-19-22-25-28-30-32-34-35-36-37-38-39-40-41-43-44-46-49-52-55-58-61-64-67-70-76(79)82-73-74(72-81-75(78)69-66-63-60-57-54-51-48-27-24-21-18-15-12-9-6-3)83-77(80)71-68-65-62-59-56-53-50-47-45-42-33-31-29-26-23-20-17-14-11-8-5-2/h8-9,11-12,17-18,20-21,26-27,29-30,32-33,42,48,54,57,74H,4-7,10,13-16,19,22-25,28,31,34-41,43-47,49-53,55-56,58-73H2,1-3H3/b11-8-,12-9-,20-17-,21-18-,29-26-,32-30-,42-33-,48-27-,57-54-. The van der Waals surface area contributed by atoms with E-state index in [9.17, 15) is 14.4 Å². The van der Waals surface area contributed by atoms with Crippen LogP contribution in [0.1, 0.15) is 342 Å². The minimum atomic E-state index is -0.803. The van der Waals surface area contributed by atoms with Crippen LogP contribution in [0.25, 0.3) is 0 Å². The average molecular weight is 1150 g/mol. The molecule has 0 spiro atoms. The van der Waals surface area contributed by atoms with Crippen LogP contribution in [0, 0.1) is 0 Å². The van der Waals surface area contributed by atoms with E-state index in [1.807, 2.05) is 0 Å². The number of hydrogen-bond donors (Lipinski definition) is 0. The number of carbonyl (C=O) groups is 3. The summed E-state index contributed by atoms with van der Waals surface area (Å²) in [5.74, 6) is -0.933. The van der Waals surface area contributed by atoms with Gasteiger partial charge >= 0.3 is 17.9 Å². The molecule has 0 N–H and O–H groups in total. The Morgan fingerprint density at radius 1 is 0.253 bits per heavy atom. The van der Waals surface area contributed by atoms with Crippen molar-refractivity contribution in [2.75, 3.05) is 13.2 Å². The Bertz CT molecular complexity index is 1660. The molecular formula is C77H132O6. The van der Waals surface area contributed by atoms with Crippen LogP contribution in [0.5, 0.6) is 0 Å². The number of ether oxygens (including phenoxy) is 3. The number of unbranched alkanes of at least 4 members (excludes halogenated alkanes) is 35. The lowest BCUT2D eigenvalue weighted by Gasteiger charge is -2.18. The summed E-state index contributed by atoms with van der Waals surface area (Å²) < 4.78 is 16.9. The molecule has 1 atom stereocenters. The zero-order valence-electron chi connectivity index (χ0n) is 54.7. The topological polar surface area (TPSA) is 78.9 Å². The summed E-state index contributed by atoms with van der Waals surface area (Å²) in [6.45, 7) is 6.41. The van der Waals surface area contributed by atoms with Gasteiger partial charge in [0.2, 0.25) is 0 Å². The van der Waals surface area contributed by atoms with Gasteiger partial charge in [-0.1, -0.05) is 310 Å². The second kappa shape index (κ2) is 70.6. The van der Waals surface area contributed by atoms with Gasteiger partial charge < -0.3 is 14.2 Å². The molecule has 476 valence electrons. The summed E-state index contributed by atoms with van der Waals surface area (Å²) in [5.41, 5.74) is 0. The van der Waals surface area contributed by atoms with Crippen molar-refractivity contribution in [3.05, 3.63) is 109 Å². The van der Waals surface area contributed by atoms with E-state index in [0.717, 1.165) is 116 Å². The van der Waals surface area contributed by atoms with Crippen molar-refractivity contribution in [1.29, 1.82) is 0 Å². The first-order valence-electron chi connectivity index (χ1n) is 35.4. The molecule has 0 aliphatic carbocycles. The summed E-state index contributed by atoms with van der Waals surface area (Å²) in [6, 6.07) is 0. The van der Waals surface area contributed by atoms with Crippen molar-refractivity contribution in [1.82, 2.24) is 0 Å². The summed E-state index contributed by atoms with van der Waals surface area (Å²) in [6.07, 6.45) is 97.0. The third-order valence-corrected chi connectivity index (χ3v) is 15.2. The molecule has 0 saturated heterocycles. The van der Waals surface area contributed by atoms with Gasteiger partial charge in [0.1, 0.15) is 13.2 Å². The van der Waals surface area contributed by atoms with E-state index < -0.39 is 6.10 Å². The zero-order chi connectivity index (χ0) is 59.9. The molecule has 1 unspecified atom stereocenters. The van der Waals surface area contributed by atoms with Gasteiger partial charge in [-0.05, 0) is 122 Å². The molecule has 0 aromatic carbocycles. The van der Waals surface area contributed by atoms with E-state index in [1.165, 1.54) is 186 Å². The molecule has 0 heterocycles. The Labute approximate surface area is 514 Å². The lowest BCUT2D eigenvalue weighted by molar-refractivity contribution is -0.167. The van der Waals surface area contributed by atoms with Crippen molar-refractivity contribution >= 4 is 17.9 Å². The second-order valence-corrected chi connectivity index (χ2v) is 23.4. The highest BCUT2D eigenvalue weighted by Crippen LogP contribution is 2.17. The highest BCUT2D eigenvalue weighted by molar-refractivity contribution is 5.71. The lowest BCUT2D eigenvalue weighted by Crippen LogP contribution is -2.30. The molecule has 6 nitrogen and oxygen atoms in total. The molecule has 83 heavy (non-hydrogen) atoms. The predicted octanol–water partition coefficient (Wildman–Crippen LogP) is 24.6. The Balaban J connectivity index is 4.30. The Morgan fingerprint density at radius 3 is 0.771 bits per heavy atom. The van der Waals surface area contributed by atoms with E-state index in [2.05, 4.69) is 130 Å². The Morgan fingerprint density at radius 2 is 0.470 bits per heavy atom. The van der Waals surface area contributed by atoms with Crippen LogP contribution >= 0.6 is 0 Å². The summed E-state index contributed by atoms with van der Waals surface area (Å²) in [4.78, 5) is 38.4.